The summed E-state index contributed by atoms with van der Waals surface area (Å²) in [7, 11) is 0. The van der Waals surface area contributed by atoms with Crippen LogP contribution in [0.4, 0.5) is 0 Å². The molecule has 4 nitrogen and oxygen atoms in total. The fourth-order valence-corrected chi connectivity index (χ4v) is 10.0. The lowest BCUT2D eigenvalue weighted by Gasteiger charge is -2.32. The van der Waals surface area contributed by atoms with Crippen molar-refractivity contribution in [3.05, 3.63) is 167 Å². The van der Waals surface area contributed by atoms with Crippen LogP contribution in [0, 0.1) is 6.92 Å². The molecule has 0 saturated heterocycles. The standard InChI is InChI=1S/C56H53N3O/c1-34-18-27-46(43(30-34)36-21-25-39(26-22-36)54(5,6)7)58-47-16-13-15-41-44-32-40(55(8,9)10)33-45-48-31-37(35-19-23-38(24-20-35)53(2,3)4)28-29-57(48)56(50(44)45)59(51(41)47)52(58)42-14-11-12-17-49(42)60-56/h11-33H,1-10H3/q+2. The van der Waals surface area contributed by atoms with Crippen molar-refractivity contribution in [2.75, 3.05) is 0 Å². The Morgan fingerprint density at radius 1 is 0.517 bits per heavy atom. The number of para-hydroxylation sites is 2. The fraction of sp³-hybridized carbons (Fsp3) is 0.250. The van der Waals surface area contributed by atoms with E-state index in [0.29, 0.717) is 0 Å². The Balaban J connectivity index is 1.25. The molecule has 0 amide bonds. The van der Waals surface area contributed by atoms with Gasteiger partial charge in [-0.1, -0.05) is 141 Å². The van der Waals surface area contributed by atoms with E-state index in [4.69, 9.17) is 4.74 Å². The minimum atomic E-state index is -1.01. The molecule has 0 fully saturated rings. The van der Waals surface area contributed by atoms with E-state index < -0.39 is 5.85 Å². The number of imidazole rings is 1. The average molecular weight is 784 g/mol. The summed E-state index contributed by atoms with van der Waals surface area (Å²) >= 11 is 0. The molecule has 0 aliphatic carbocycles. The van der Waals surface area contributed by atoms with E-state index in [1.165, 1.54) is 72.3 Å². The molecule has 0 N–H and O–H groups in total. The highest BCUT2D eigenvalue weighted by molar-refractivity contribution is 5.98. The Bertz CT molecular complexity index is 3110. The van der Waals surface area contributed by atoms with Crippen molar-refractivity contribution in [1.29, 1.82) is 0 Å². The van der Waals surface area contributed by atoms with Gasteiger partial charge in [0.25, 0.3) is 0 Å². The second-order valence-corrected chi connectivity index (χ2v) is 20.4. The summed E-state index contributed by atoms with van der Waals surface area (Å²) in [5.41, 5.74) is 20.6. The zero-order chi connectivity index (χ0) is 41.7. The topological polar surface area (TPSA) is 21.9 Å². The number of fused-ring (bicyclic) bond motifs is 5. The van der Waals surface area contributed by atoms with Crippen molar-refractivity contribution in [3.8, 4) is 67.5 Å². The lowest BCUT2D eigenvalue weighted by atomic mass is 9.80. The number of benzene rings is 6. The molecular weight excluding hydrogens is 731 g/mol. The first-order chi connectivity index (χ1) is 28.5. The van der Waals surface area contributed by atoms with E-state index in [9.17, 15) is 0 Å². The first-order valence-electron chi connectivity index (χ1n) is 21.5. The van der Waals surface area contributed by atoms with E-state index in [2.05, 4.69) is 223 Å². The SMILES string of the molecule is Cc1ccc(-n2c3[n+]4c5c(cccc52)-c2cc(C(C)(C)C)cc5c2C4(Oc2ccccc2-3)[n+]2ccc(-c3ccc(C(C)(C)C)cc3)cc2-5)c(-c2ccc(C(C)(C)C)cc2)c1. The Labute approximate surface area is 354 Å². The third-order valence-corrected chi connectivity index (χ3v) is 13.3. The molecule has 5 heterocycles. The largest absolute Gasteiger partial charge is 0.499 e. The summed E-state index contributed by atoms with van der Waals surface area (Å²) in [6.07, 6.45) is 2.28. The minimum absolute atomic E-state index is 0.0671. The van der Waals surface area contributed by atoms with Gasteiger partial charge < -0.3 is 4.74 Å². The van der Waals surface area contributed by atoms with Crippen LogP contribution in [0.15, 0.2) is 140 Å². The molecule has 60 heavy (non-hydrogen) atoms. The van der Waals surface area contributed by atoms with E-state index in [-0.39, 0.29) is 16.2 Å². The van der Waals surface area contributed by atoms with Gasteiger partial charge in [-0.15, -0.1) is 9.13 Å². The smallest absolute Gasteiger partial charge is 0.392 e. The Morgan fingerprint density at radius 2 is 1.15 bits per heavy atom. The third-order valence-electron chi connectivity index (χ3n) is 13.3. The predicted octanol–water partition coefficient (Wildman–Crippen LogP) is 13.0. The molecule has 1 spiro atoms. The van der Waals surface area contributed by atoms with Crippen molar-refractivity contribution >= 4 is 11.0 Å². The number of aryl methyl sites for hydroxylation is 1. The molecule has 6 aromatic carbocycles. The highest BCUT2D eigenvalue weighted by Gasteiger charge is 2.68. The van der Waals surface area contributed by atoms with Gasteiger partial charge in [0.1, 0.15) is 22.6 Å². The number of hydrogen-bond donors (Lipinski definition) is 0. The molecule has 2 aromatic heterocycles. The number of nitrogens with zero attached hydrogens (tertiary/aromatic N) is 3. The average Bonchev–Trinajstić information content (AvgIpc) is 3.71. The highest BCUT2D eigenvalue weighted by Crippen LogP contribution is 2.54. The summed E-state index contributed by atoms with van der Waals surface area (Å²) in [4.78, 5) is 0. The maximum atomic E-state index is 7.67. The molecule has 4 heteroatoms. The number of pyridine rings is 1. The zero-order valence-corrected chi connectivity index (χ0v) is 36.5. The third kappa shape index (κ3) is 5.09. The lowest BCUT2D eigenvalue weighted by molar-refractivity contribution is -0.997. The van der Waals surface area contributed by atoms with Gasteiger partial charge in [0.2, 0.25) is 5.69 Å². The van der Waals surface area contributed by atoms with Crippen LogP contribution in [0.25, 0.3) is 72.7 Å². The molecule has 1 atom stereocenters. The van der Waals surface area contributed by atoms with Crippen molar-refractivity contribution in [3.63, 3.8) is 0 Å². The normalized spacial score (nSPS) is 16.0. The van der Waals surface area contributed by atoms with Gasteiger partial charge in [0.15, 0.2) is 17.2 Å². The molecule has 3 aliphatic heterocycles. The van der Waals surface area contributed by atoms with Gasteiger partial charge >= 0.3 is 11.7 Å². The molecule has 3 aliphatic rings. The van der Waals surface area contributed by atoms with E-state index in [0.717, 1.165) is 34.0 Å². The summed E-state index contributed by atoms with van der Waals surface area (Å²) in [5, 5.41) is 0. The molecule has 0 radical (unpaired) electrons. The van der Waals surface area contributed by atoms with Crippen LogP contribution in [0.3, 0.4) is 0 Å². The van der Waals surface area contributed by atoms with Crippen LogP contribution in [-0.2, 0) is 22.1 Å². The number of aromatic nitrogens is 3. The van der Waals surface area contributed by atoms with Crippen LogP contribution < -0.4 is 13.9 Å². The fourth-order valence-electron chi connectivity index (χ4n) is 10.0. The maximum absolute atomic E-state index is 7.67. The van der Waals surface area contributed by atoms with Gasteiger partial charge in [0, 0.05) is 28.8 Å². The summed E-state index contributed by atoms with van der Waals surface area (Å²) in [5.74, 6) is 0.966. The predicted molar refractivity (Wildman–Crippen MR) is 245 cm³/mol. The number of rotatable bonds is 3. The second-order valence-electron chi connectivity index (χ2n) is 20.4. The summed E-state index contributed by atoms with van der Waals surface area (Å²) < 4.78 is 15.1. The molecule has 1 unspecified atom stereocenters. The lowest BCUT2D eigenvalue weighted by Crippen LogP contribution is -2.78. The molecule has 11 rings (SSSR count). The highest BCUT2D eigenvalue weighted by atomic mass is 16.5. The van der Waals surface area contributed by atoms with Crippen LogP contribution in [0.2, 0.25) is 0 Å². The number of hydrogen-bond acceptors (Lipinski definition) is 1. The van der Waals surface area contributed by atoms with Gasteiger partial charge in [-0.3, -0.25) is 0 Å². The molecular formula is C56H53N3O+2. The molecule has 0 saturated carbocycles. The van der Waals surface area contributed by atoms with Crippen LogP contribution >= 0.6 is 0 Å². The van der Waals surface area contributed by atoms with E-state index in [1.807, 2.05) is 0 Å². The van der Waals surface area contributed by atoms with Crippen LogP contribution in [0.5, 0.6) is 5.75 Å². The van der Waals surface area contributed by atoms with E-state index >= 15 is 0 Å². The van der Waals surface area contributed by atoms with Crippen LogP contribution in [0.1, 0.15) is 90.1 Å². The maximum Gasteiger partial charge on any atom is 0.499 e. The monoisotopic (exact) mass is 783 g/mol. The van der Waals surface area contributed by atoms with Crippen molar-refractivity contribution in [2.45, 2.75) is 91.3 Å². The molecule has 8 aromatic rings. The van der Waals surface area contributed by atoms with Crippen molar-refractivity contribution < 1.29 is 13.9 Å². The van der Waals surface area contributed by atoms with Gasteiger partial charge in [0.05, 0.1) is 5.56 Å². The Kier molecular flexibility index (Phi) is 7.46. The number of ether oxygens (including phenoxy) is 1. The van der Waals surface area contributed by atoms with Crippen molar-refractivity contribution in [2.24, 2.45) is 0 Å². The van der Waals surface area contributed by atoms with Gasteiger partial charge in [-0.2, -0.15) is 4.57 Å². The first-order valence-corrected chi connectivity index (χ1v) is 21.5. The van der Waals surface area contributed by atoms with Crippen LogP contribution in [-0.4, -0.2) is 4.57 Å². The Hall–Kier alpha value is -6.26. The summed E-state index contributed by atoms with van der Waals surface area (Å²) in [6.45, 7) is 22.8. The van der Waals surface area contributed by atoms with Gasteiger partial charge in [-0.05, 0) is 105 Å². The van der Waals surface area contributed by atoms with Crippen molar-refractivity contribution in [1.82, 2.24) is 4.57 Å². The minimum Gasteiger partial charge on any atom is -0.392 e. The van der Waals surface area contributed by atoms with E-state index in [1.54, 1.807) is 0 Å². The summed E-state index contributed by atoms with van der Waals surface area (Å²) in [6, 6.07) is 50.3. The quantitative estimate of drug-likeness (QED) is 0.164. The molecule has 0 bridgehead atoms. The van der Waals surface area contributed by atoms with Gasteiger partial charge in [-0.25, -0.2) is 0 Å². The molecule has 296 valence electrons. The Morgan fingerprint density at radius 3 is 1.83 bits per heavy atom. The second kappa shape index (κ2) is 12.2. The first kappa shape index (κ1) is 36.8. The zero-order valence-electron chi connectivity index (χ0n) is 36.5.